The molecule has 1 rings (SSSR count). The Morgan fingerprint density at radius 1 is 0.741 bits per heavy atom. The second-order valence-electron chi connectivity index (χ2n) is 6.87. The topological polar surface area (TPSA) is 52.6 Å². The molecule has 5 heteroatoms. The van der Waals surface area contributed by atoms with Crippen LogP contribution < -0.4 is 9.47 Å². The number of ether oxygens (including phenoxy) is 2. The second kappa shape index (κ2) is 14.9. The molecule has 4 nitrogen and oxygen atoms in total. The van der Waals surface area contributed by atoms with E-state index in [4.69, 9.17) is 9.47 Å². The third-order valence-corrected chi connectivity index (χ3v) is 4.99. The molecule has 0 fully saturated rings. The van der Waals surface area contributed by atoms with Crippen LogP contribution in [0.3, 0.4) is 0 Å². The van der Waals surface area contributed by atoms with Gasteiger partial charge >= 0.3 is 11.9 Å². The Morgan fingerprint density at radius 3 is 1.74 bits per heavy atom. The lowest BCUT2D eigenvalue weighted by Gasteiger charge is -2.11. The van der Waals surface area contributed by atoms with Crippen molar-refractivity contribution in [2.75, 3.05) is 0 Å². The third-order valence-electron chi connectivity index (χ3n) is 4.32. The van der Waals surface area contributed by atoms with Crippen molar-refractivity contribution in [3.8, 4) is 11.5 Å². The van der Waals surface area contributed by atoms with Gasteiger partial charge in [0.2, 0.25) is 0 Å². The van der Waals surface area contributed by atoms with Crippen LogP contribution in [0.1, 0.15) is 90.9 Å². The Hall–Kier alpha value is -1.11. The van der Waals surface area contributed by atoms with Crippen molar-refractivity contribution in [3.63, 3.8) is 0 Å². The SMILES string of the molecule is CCCCCCCC(=O)Oc1ccc(I)cc1OC(=O)CCCCCCC. The Balaban J connectivity index is 2.49. The first-order chi connectivity index (χ1) is 13.1. The van der Waals surface area contributed by atoms with Crippen molar-refractivity contribution in [3.05, 3.63) is 21.8 Å². The van der Waals surface area contributed by atoms with Crippen molar-refractivity contribution in [1.82, 2.24) is 0 Å². The fraction of sp³-hybridized carbons (Fsp3) is 0.636. The number of carbonyl (C=O) groups excluding carboxylic acids is 2. The minimum absolute atomic E-state index is 0.273. The van der Waals surface area contributed by atoms with E-state index in [0.717, 1.165) is 42.1 Å². The van der Waals surface area contributed by atoms with Gasteiger partial charge in [-0.3, -0.25) is 9.59 Å². The number of hydrogen-bond acceptors (Lipinski definition) is 4. The molecule has 0 bridgehead atoms. The van der Waals surface area contributed by atoms with Gasteiger partial charge in [-0.15, -0.1) is 0 Å². The molecule has 27 heavy (non-hydrogen) atoms. The summed E-state index contributed by atoms with van der Waals surface area (Å²) < 4.78 is 11.8. The molecule has 0 N–H and O–H groups in total. The summed E-state index contributed by atoms with van der Waals surface area (Å²) in [5, 5.41) is 0. The van der Waals surface area contributed by atoms with Crippen molar-refractivity contribution in [2.24, 2.45) is 0 Å². The summed E-state index contributed by atoms with van der Waals surface area (Å²) in [5.41, 5.74) is 0. The van der Waals surface area contributed by atoms with Gasteiger partial charge in [-0.05, 0) is 53.6 Å². The van der Waals surface area contributed by atoms with Crippen LogP contribution in [-0.2, 0) is 9.59 Å². The fourth-order valence-electron chi connectivity index (χ4n) is 2.74. The Labute approximate surface area is 177 Å². The molecule has 0 atom stereocenters. The molecule has 1 aromatic rings. The summed E-state index contributed by atoms with van der Waals surface area (Å²) in [5.74, 6) is 0.114. The monoisotopic (exact) mass is 488 g/mol. The number of carbonyl (C=O) groups is 2. The van der Waals surface area contributed by atoms with E-state index in [1.165, 1.54) is 25.7 Å². The second-order valence-corrected chi connectivity index (χ2v) is 8.11. The minimum atomic E-state index is -0.274. The maximum atomic E-state index is 12.1. The van der Waals surface area contributed by atoms with E-state index < -0.39 is 0 Å². The molecular formula is C22H33IO4. The van der Waals surface area contributed by atoms with E-state index in [0.29, 0.717) is 24.3 Å². The largest absolute Gasteiger partial charge is 0.423 e. The van der Waals surface area contributed by atoms with Gasteiger partial charge in [-0.1, -0.05) is 65.2 Å². The Bertz CT molecular complexity index is 571. The van der Waals surface area contributed by atoms with Crippen LogP contribution in [0.2, 0.25) is 0 Å². The van der Waals surface area contributed by atoms with Crippen molar-refractivity contribution < 1.29 is 19.1 Å². The maximum absolute atomic E-state index is 12.1. The molecule has 0 aliphatic carbocycles. The molecule has 0 unspecified atom stereocenters. The van der Waals surface area contributed by atoms with Crippen LogP contribution in [0.25, 0.3) is 0 Å². The van der Waals surface area contributed by atoms with E-state index in [9.17, 15) is 9.59 Å². The van der Waals surface area contributed by atoms with Gasteiger partial charge in [0.15, 0.2) is 11.5 Å². The lowest BCUT2D eigenvalue weighted by molar-refractivity contribution is -0.137. The standard InChI is InChI=1S/C22H33IO4/c1-3-5-7-9-11-13-21(24)26-19-16-15-18(23)17-20(19)27-22(25)14-12-10-8-6-4-2/h15-17H,3-14H2,1-2H3. The maximum Gasteiger partial charge on any atom is 0.311 e. The van der Waals surface area contributed by atoms with Crippen LogP contribution in [0.4, 0.5) is 0 Å². The third kappa shape index (κ3) is 11.4. The van der Waals surface area contributed by atoms with Gasteiger partial charge < -0.3 is 9.47 Å². The van der Waals surface area contributed by atoms with Gasteiger partial charge in [0.05, 0.1) is 0 Å². The first-order valence-corrected chi connectivity index (χ1v) is 11.4. The van der Waals surface area contributed by atoms with Crippen molar-refractivity contribution in [2.45, 2.75) is 90.9 Å². The highest BCUT2D eigenvalue weighted by Crippen LogP contribution is 2.30. The molecule has 1 aromatic carbocycles. The summed E-state index contributed by atoms with van der Waals surface area (Å²) in [7, 11) is 0. The zero-order valence-electron chi connectivity index (χ0n) is 16.7. The van der Waals surface area contributed by atoms with Crippen molar-refractivity contribution >= 4 is 34.5 Å². The van der Waals surface area contributed by atoms with Crippen LogP contribution >= 0.6 is 22.6 Å². The molecule has 0 radical (unpaired) electrons. The first-order valence-electron chi connectivity index (χ1n) is 10.3. The van der Waals surface area contributed by atoms with Crippen molar-refractivity contribution in [1.29, 1.82) is 0 Å². The molecule has 152 valence electrons. The summed E-state index contributed by atoms with van der Waals surface area (Å²) in [6, 6.07) is 5.27. The van der Waals surface area contributed by atoms with E-state index in [-0.39, 0.29) is 11.9 Å². The van der Waals surface area contributed by atoms with E-state index in [1.807, 2.05) is 6.07 Å². The lowest BCUT2D eigenvalue weighted by atomic mass is 10.1. The number of benzene rings is 1. The minimum Gasteiger partial charge on any atom is -0.423 e. The molecule has 0 aromatic heterocycles. The fourth-order valence-corrected chi connectivity index (χ4v) is 3.20. The molecule has 0 amide bonds. The number of halogens is 1. The molecule has 0 spiro atoms. The number of unbranched alkanes of at least 4 members (excludes halogenated alkanes) is 8. The van der Waals surface area contributed by atoms with E-state index in [2.05, 4.69) is 36.4 Å². The molecule has 0 saturated heterocycles. The van der Waals surface area contributed by atoms with E-state index >= 15 is 0 Å². The Kier molecular flexibility index (Phi) is 13.2. The normalized spacial score (nSPS) is 10.6. The van der Waals surface area contributed by atoms with Gasteiger partial charge in [-0.25, -0.2) is 0 Å². The van der Waals surface area contributed by atoms with Crippen LogP contribution in [-0.4, -0.2) is 11.9 Å². The van der Waals surface area contributed by atoms with Crippen LogP contribution in [0, 0.1) is 3.57 Å². The average molecular weight is 488 g/mol. The highest BCUT2D eigenvalue weighted by molar-refractivity contribution is 14.1. The number of hydrogen-bond donors (Lipinski definition) is 0. The smallest absolute Gasteiger partial charge is 0.311 e. The lowest BCUT2D eigenvalue weighted by Crippen LogP contribution is -2.12. The van der Waals surface area contributed by atoms with Crippen LogP contribution in [0.15, 0.2) is 18.2 Å². The summed E-state index contributed by atoms with van der Waals surface area (Å²) in [4.78, 5) is 24.2. The van der Waals surface area contributed by atoms with Crippen LogP contribution in [0.5, 0.6) is 11.5 Å². The number of rotatable bonds is 14. The summed E-state index contributed by atoms with van der Waals surface area (Å²) in [6.45, 7) is 4.33. The quantitative estimate of drug-likeness (QED) is 0.125. The van der Waals surface area contributed by atoms with Gasteiger partial charge in [0, 0.05) is 16.4 Å². The van der Waals surface area contributed by atoms with Gasteiger partial charge in [-0.2, -0.15) is 0 Å². The highest BCUT2D eigenvalue weighted by Gasteiger charge is 2.14. The summed E-state index contributed by atoms with van der Waals surface area (Å²) >= 11 is 2.15. The first kappa shape index (κ1) is 23.9. The number of esters is 2. The highest BCUT2D eigenvalue weighted by atomic mass is 127. The molecule has 0 saturated carbocycles. The molecule has 0 heterocycles. The molecular weight excluding hydrogens is 455 g/mol. The van der Waals surface area contributed by atoms with Gasteiger partial charge in [0.25, 0.3) is 0 Å². The average Bonchev–Trinajstić information content (AvgIpc) is 2.63. The molecule has 0 aliphatic rings. The zero-order chi connectivity index (χ0) is 19.9. The predicted molar refractivity (Wildman–Crippen MR) is 117 cm³/mol. The van der Waals surface area contributed by atoms with Gasteiger partial charge in [0.1, 0.15) is 0 Å². The van der Waals surface area contributed by atoms with E-state index in [1.54, 1.807) is 12.1 Å². The summed E-state index contributed by atoms with van der Waals surface area (Å²) in [6.07, 6.45) is 11.6. The Morgan fingerprint density at radius 2 is 1.22 bits per heavy atom. The molecule has 0 aliphatic heterocycles. The predicted octanol–water partition coefficient (Wildman–Crippen LogP) is 6.82. The zero-order valence-corrected chi connectivity index (χ0v) is 18.9.